The number of carbonyl (C=O) groups excluding carboxylic acids is 2. The number of aryl methyl sites for hydroxylation is 1. The summed E-state index contributed by atoms with van der Waals surface area (Å²) < 4.78 is 1.88. The van der Waals surface area contributed by atoms with E-state index < -0.39 is 6.04 Å². The molecule has 0 spiro atoms. The molecule has 0 bridgehead atoms. The predicted molar refractivity (Wildman–Crippen MR) is 68.0 cm³/mol. The molecule has 2 atom stereocenters. The Morgan fingerprint density at radius 1 is 1.37 bits per heavy atom. The van der Waals surface area contributed by atoms with Gasteiger partial charge in [0.05, 0.1) is 6.54 Å². The van der Waals surface area contributed by atoms with Gasteiger partial charge in [-0.2, -0.15) is 0 Å². The first-order valence-electron chi connectivity index (χ1n) is 6.66. The summed E-state index contributed by atoms with van der Waals surface area (Å²) in [6.45, 7) is 2.92. The summed E-state index contributed by atoms with van der Waals surface area (Å²) in [6.07, 6.45) is 5.26. The first kappa shape index (κ1) is 12.2. The molecule has 0 saturated carbocycles. The zero-order valence-electron chi connectivity index (χ0n) is 11.2. The van der Waals surface area contributed by atoms with E-state index in [9.17, 15) is 9.59 Å². The first-order valence-corrected chi connectivity index (χ1v) is 6.66. The van der Waals surface area contributed by atoms with E-state index >= 15 is 0 Å². The van der Waals surface area contributed by atoms with Crippen LogP contribution in [0.15, 0.2) is 12.4 Å². The van der Waals surface area contributed by atoms with Crippen molar-refractivity contribution in [1.29, 1.82) is 0 Å². The highest BCUT2D eigenvalue weighted by Crippen LogP contribution is 2.27. The number of nitrogens with zero attached hydrogens (tertiary/aromatic N) is 4. The van der Waals surface area contributed by atoms with E-state index in [2.05, 4.69) is 4.98 Å². The molecule has 1 aromatic heterocycles. The molecule has 0 aromatic carbocycles. The SMILES string of the molecule is CC1C(=O)N2CCCC2C(=O)N1Cc1nccn1C. The van der Waals surface area contributed by atoms with E-state index in [0.717, 1.165) is 25.2 Å². The number of hydrogen-bond acceptors (Lipinski definition) is 3. The summed E-state index contributed by atoms with van der Waals surface area (Å²) in [5.74, 6) is 0.934. The minimum atomic E-state index is -0.390. The van der Waals surface area contributed by atoms with Crippen molar-refractivity contribution >= 4 is 11.8 Å². The van der Waals surface area contributed by atoms with E-state index in [0.29, 0.717) is 6.54 Å². The molecule has 0 radical (unpaired) electrons. The van der Waals surface area contributed by atoms with Gasteiger partial charge in [-0.05, 0) is 19.8 Å². The highest BCUT2D eigenvalue weighted by atomic mass is 16.2. The van der Waals surface area contributed by atoms with Crippen molar-refractivity contribution in [3.8, 4) is 0 Å². The fourth-order valence-electron chi connectivity index (χ4n) is 2.96. The number of aromatic nitrogens is 2. The van der Waals surface area contributed by atoms with Crippen molar-refractivity contribution in [3.05, 3.63) is 18.2 Å². The monoisotopic (exact) mass is 262 g/mol. The number of carbonyl (C=O) groups is 2. The van der Waals surface area contributed by atoms with Gasteiger partial charge in [0.1, 0.15) is 17.9 Å². The lowest BCUT2D eigenvalue weighted by atomic mass is 10.1. The molecule has 6 nitrogen and oxygen atoms in total. The van der Waals surface area contributed by atoms with Crippen LogP contribution in [0, 0.1) is 0 Å². The van der Waals surface area contributed by atoms with Gasteiger partial charge in [0.25, 0.3) is 0 Å². The molecule has 2 aliphatic heterocycles. The van der Waals surface area contributed by atoms with Crippen molar-refractivity contribution in [2.45, 2.75) is 38.4 Å². The molecule has 6 heteroatoms. The van der Waals surface area contributed by atoms with Gasteiger partial charge in [0.2, 0.25) is 11.8 Å². The van der Waals surface area contributed by atoms with Crippen LogP contribution in [0.2, 0.25) is 0 Å². The fraction of sp³-hybridized carbons (Fsp3) is 0.615. The normalized spacial score (nSPS) is 27.1. The first-order chi connectivity index (χ1) is 9.09. The molecule has 3 heterocycles. The van der Waals surface area contributed by atoms with E-state index in [-0.39, 0.29) is 17.9 Å². The maximum Gasteiger partial charge on any atom is 0.246 e. The molecule has 2 amide bonds. The third-order valence-electron chi connectivity index (χ3n) is 4.16. The number of rotatable bonds is 2. The average molecular weight is 262 g/mol. The third-order valence-corrected chi connectivity index (χ3v) is 4.16. The minimum Gasteiger partial charge on any atom is -0.337 e. The Balaban J connectivity index is 1.86. The summed E-state index contributed by atoms with van der Waals surface area (Å²) in [7, 11) is 1.89. The van der Waals surface area contributed by atoms with Gasteiger partial charge in [-0.1, -0.05) is 0 Å². The molecule has 2 saturated heterocycles. The summed E-state index contributed by atoms with van der Waals surface area (Å²) in [5.41, 5.74) is 0. The number of imidazole rings is 1. The van der Waals surface area contributed by atoms with Gasteiger partial charge < -0.3 is 14.4 Å². The summed E-state index contributed by atoms with van der Waals surface area (Å²) in [6, 6.07) is -0.637. The lowest BCUT2D eigenvalue weighted by molar-refractivity contribution is -0.159. The summed E-state index contributed by atoms with van der Waals surface area (Å²) >= 11 is 0. The summed E-state index contributed by atoms with van der Waals surface area (Å²) in [4.78, 5) is 32.4. The van der Waals surface area contributed by atoms with Crippen molar-refractivity contribution in [3.63, 3.8) is 0 Å². The van der Waals surface area contributed by atoms with Crippen LogP contribution >= 0.6 is 0 Å². The Hall–Kier alpha value is -1.85. The van der Waals surface area contributed by atoms with Gasteiger partial charge in [-0.15, -0.1) is 0 Å². The topological polar surface area (TPSA) is 58.4 Å². The standard InChI is InChI=1S/C13H18N4O2/c1-9-12(18)16-6-3-4-10(16)13(19)17(9)8-11-14-5-7-15(11)2/h5,7,9-10H,3-4,6,8H2,1-2H3. The van der Waals surface area contributed by atoms with Gasteiger partial charge in [-0.3, -0.25) is 9.59 Å². The van der Waals surface area contributed by atoms with Gasteiger partial charge in [0, 0.05) is 26.0 Å². The Morgan fingerprint density at radius 2 is 2.16 bits per heavy atom. The van der Waals surface area contributed by atoms with E-state index in [1.807, 2.05) is 17.8 Å². The lowest BCUT2D eigenvalue weighted by Gasteiger charge is -2.40. The molecule has 2 unspecified atom stereocenters. The average Bonchev–Trinajstić information content (AvgIpc) is 3.01. The largest absolute Gasteiger partial charge is 0.337 e. The minimum absolute atomic E-state index is 0.0626. The third kappa shape index (κ3) is 1.82. The molecular formula is C13H18N4O2. The van der Waals surface area contributed by atoms with Crippen LogP contribution < -0.4 is 0 Å². The van der Waals surface area contributed by atoms with E-state index in [1.165, 1.54) is 0 Å². The van der Waals surface area contributed by atoms with Crippen molar-refractivity contribution < 1.29 is 9.59 Å². The molecule has 0 aliphatic carbocycles. The Labute approximate surface area is 112 Å². The molecule has 1 aromatic rings. The molecule has 3 rings (SSSR count). The Kier molecular flexibility index (Phi) is 2.80. The zero-order valence-corrected chi connectivity index (χ0v) is 11.2. The van der Waals surface area contributed by atoms with Crippen molar-refractivity contribution in [2.75, 3.05) is 6.54 Å². The van der Waals surface area contributed by atoms with Crippen LogP contribution in [-0.4, -0.2) is 49.8 Å². The van der Waals surface area contributed by atoms with Crippen molar-refractivity contribution in [2.24, 2.45) is 7.05 Å². The van der Waals surface area contributed by atoms with Crippen LogP contribution in [0.4, 0.5) is 0 Å². The number of hydrogen-bond donors (Lipinski definition) is 0. The molecular weight excluding hydrogens is 244 g/mol. The number of amides is 2. The highest BCUT2D eigenvalue weighted by Gasteiger charge is 2.46. The molecule has 0 N–H and O–H groups in total. The van der Waals surface area contributed by atoms with Crippen LogP contribution in [0.25, 0.3) is 0 Å². The predicted octanol–water partition coefficient (Wildman–Crippen LogP) is 0.142. The van der Waals surface area contributed by atoms with E-state index in [4.69, 9.17) is 0 Å². The molecule has 102 valence electrons. The van der Waals surface area contributed by atoms with Crippen LogP contribution in [0.1, 0.15) is 25.6 Å². The second kappa shape index (κ2) is 4.36. The number of piperazine rings is 1. The fourth-order valence-corrected chi connectivity index (χ4v) is 2.96. The quantitative estimate of drug-likeness (QED) is 0.762. The molecule has 2 aliphatic rings. The second-order valence-corrected chi connectivity index (χ2v) is 5.29. The van der Waals surface area contributed by atoms with Gasteiger partial charge in [0.15, 0.2) is 0 Å². The smallest absolute Gasteiger partial charge is 0.246 e. The Morgan fingerprint density at radius 3 is 2.84 bits per heavy atom. The van der Waals surface area contributed by atoms with Crippen molar-refractivity contribution in [1.82, 2.24) is 19.4 Å². The number of fused-ring (bicyclic) bond motifs is 1. The van der Waals surface area contributed by atoms with Gasteiger partial charge in [-0.25, -0.2) is 4.98 Å². The second-order valence-electron chi connectivity index (χ2n) is 5.29. The lowest BCUT2D eigenvalue weighted by Crippen LogP contribution is -2.61. The molecule has 2 fully saturated rings. The van der Waals surface area contributed by atoms with E-state index in [1.54, 1.807) is 22.9 Å². The van der Waals surface area contributed by atoms with Gasteiger partial charge >= 0.3 is 0 Å². The summed E-state index contributed by atoms with van der Waals surface area (Å²) in [5, 5.41) is 0. The van der Waals surface area contributed by atoms with Crippen LogP contribution in [0.5, 0.6) is 0 Å². The Bertz CT molecular complexity index is 524. The van der Waals surface area contributed by atoms with Crippen LogP contribution in [0.3, 0.4) is 0 Å². The zero-order chi connectivity index (χ0) is 13.6. The highest BCUT2D eigenvalue weighted by molar-refractivity contribution is 5.97. The van der Waals surface area contributed by atoms with Crippen LogP contribution in [-0.2, 0) is 23.2 Å². The molecule has 19 heavy (non-hydrogen) atoms. The maximum atomic E-state index is 12.5. The maximum absolute atomic E-state index is 12.5.